The minimum atomic E-state index is 0.893. The van der Waals surface area contributed by atoms with E-state index in [-0.39, 0.29) is 0 Å². The number of hydrogen-bond acceptors (Lipinski definition) is 3. The molecule has 3 nitrogen and oxygen atoms in total. The van der Waals surface area contributed by atoms with Crippen LogP contribution in [0.3, 0.4) is 0 Å². The van der Waals surface area contributed by atoms with E-state index >= 15 is 0 Å². The summed E-state index contributed by atoms with van der Waals surface area (Å²) in [4.78, 5) is 7.20. The Hall–Kier alpha value is -1.35. The molecule has 1 aromatic carbocycles. The van der Waals surface area contributed by atoms with Crippen molar-refractivity contribution in [3.63, 3.8) is 0 Å². The number of para-hydroxylation sites is 2. The normalized spacial score (nSPS) is 17.1. The van der Waals surface area contributed by atoms with Gasteiger partial charge in [0.1, 0.15) is 5.52 Å². The Bertz CT molecular complexity index is 551. The number of fused-ring (bicyclic) bond motifs is 1. The summed E-state index contributed by atoms with van der Waals surface area (Å²) in [5.74, 6) is 1.88. The minimum absolute atomic E-state index is 0.893. The van der Waals surface area contributed by atoms with Crippen molar-refractivity contribution in [3.8, 4) is 0 Å². The molecule has 23 heavy (non-hydrogen) atoms. The van der Waals surface area contributed by atoms with Crippen LogP contribution in [0.4, 0.5) is 0 Å². The molecule has 0 aliphatic carbocycles. The molecule has 0 saturated carbocycles. The van der Waals surface area contributed by atoms with E-state index in [1.165, 1.54) is 64.6 Å². The van der Waals surface area contributed by atoms with Crippen molar-refractivity contribution in [2.75, 3.05) is 19.6 Å². The lowest BCUT2D eigenvalue weighted by molar-refractivity contribution is 0.175. The summed E-state index contributed by atoms with van der Waals surface area (Å²) < 4.78 is 5.79. The Labute approximate surface area is 140 Å². The van der Waals surface area contributed by atoms with E-state index in [1.54, 1.807) is 0 Å². The molecule has 1 saturated heterocycles. The molecular weight excluding hydrogens is 284 g/mol. The quantitative estimate of drug-likeness (QED) is 0.638. The maximum absolute atomic E-state index is 5.79. The predicted molar refractivity (Wildman–Crippen MR) is 95.6 cm³/mol. The maximum atomic E-state index is 5.79. The topological polar surface area (TPSA) is 29.3 Å². The highest BCUT2D eigenvalue weighted by Crippen LogP contribution is 2.23. The number of aryl methyl sites for hydroxylation is 1. The second kappa shape index (κ2) is 8.49. The lowest BCUT2D eigenvalue weighted by Gasteiger charge is -2.31. The van der Waals surface area contributed by atoms with Crippen LogP contribution in [0.5, 0.6) is 0 Å². The smallest absolute Gasteiger partial charge is 0.195 e. The Morgan fingerprint density at radius 2 is 1.96 bits per heavy atom. The van der Waals surface area contributed by atoms with Gasteiger partial charge in [-0.25, -0.2) is 4.98 Å². The fourth-order valence-electron chi connectivity index (χ4n) is 3.63. The van der Waals surface area contributed by atoms with E-state index in [4.69, 9.17) is 4.42 Å². The molecule has 3 heteroatoms. The van der Waals surface area contributed by atoms with Gasteiger partial charge in [-0.15, -0.1) is 0 Å². The zero-order chi connectivity index (χ0) is 15.9. The van der Waals surface area contributed by atoms with Gasteiger partial charge in [0.2, 0.25) is 0 Å². The van der Waals surface area contributed by atoms with Crippen molar-refractivity contribution in [3.05, 3.63) is 30.2 Å². The number of benzene rings is 1. The number of aromatic nitrogens is 1. The molecule has 0 N–H and O–H groups in total. The van der Waals surface area contributed by atoms with Gasteiger partial charge in [0.25, 0.3) is 0 Å². The summed E-state index contributed by atoms with van der Waals surface area (Å²) in [6.07, 6.45) is 10.4. The standard InChI is InChI=1S/C20H30N2O/c1-2-3-8-17-12-15-22(16-13-17)14-7-6-11-20-21-18-9-4-5-10-19(18)23-20/h4-5,9-10,17H,2-3,6-8,11-16H2,1H3. The van der Waals surface area contributed by atoms with Gasteiger partial charge in [-0.05, 0) is 63.4 Å². The molecular formula is C20H30N2O. The monoisotopic (exact) mass is 314 g/mol. The molecule has 1 fully saturated rings. The first-order chi connectivity index (χ1) is 11.3. The summed E-state index contributed by atoms with van der Waals surface area (Å²) in [6, 6.07) is 8.03. The van der Waals surface area contributed by atoms with Crippen molar-refractivity contribution in [2.45, 2.75) is 58.3 Å². The highest BCUT2D eigenvalue weighted by molar-refractivity contribution is 5.72. The van der Waals surface area contributed by atoms with Crippen LogP contribution in [-0.2, 0) is 6.42 Å². The van der Waals surface area contributed by atoms with Crippen molar-refractivity contribution < 1.29 is 4.42 Å². The number of unbranched alkanes of at least 4 members (excludes halogenated alkanes) is 2. The van der Waals surface area contributed by atoms with Crippen molar-refractivity contribution in [2.24, 2.45) is 5.92 Å². The third-order valence-corrected chi connectivity index (χ3v) is 5.13. The average Bonchev–Trinajstić information content (AvgIpc) is 3.01. The largest absolute Gasteiger partial charge is 0.441 e. The van der Waals surface area contributed by atoms with Gasteiger partial charge in [-0.3, -0.25) is 0 Å². The lowest BCUT2D eigenvalue weighted by atomic mass is 9.91. The summed E-state index contributed by atoms with van der Waals surface area (Å²) in [7, 11) is 0. The van der Waals surface area contributed by atoms with Crippen LogP contribution in [-0.4, -0.2) is 29.5 Å². The lowest BCUT2D eigenvalue weighted by Crippen LogP contribution is -2.34. The molecule has 0 unspecified atom stereocenters. The Balaban J connectivity index is 1.33. The first-order valence-corrected chi connectivity index (χ1v) is 9.42. The molecule has 1 aliphatic rings. The Morgan fingerprint density at radius 3 is 2.74 bits per heavy atom. The van der Waals surface area contributed by atoms with Crippen LogP contribution >= 0.6 is 0 Å². The van der Waals surface area contributed by atoms with Crippen LogP contribution < -0.4 is 0 Å². The average molecular weight is 314 g/mol. The van der Waals surface area contributed by atoms with Crippen LogP contribution in [0.2, 0.25) is 0 Å². The van der Waals surface area contributed by atoms with Gasteiger partial charge in [-0.1, -0.05) is 38.3 Å². The zero-order valence-electron chi connectivity index (χ0n) is 14.5. The molecule has 3 rings (SSSR count). The summed E-state index contributed by atoms with van der Waals surface area (Å²) in [6.45, 7) is 6.14. The third-order valence-electron chi connectivity index (χ3n) is 5.13. The number of hydrogen-bond donors (Lipinski definition) is 0. The fourth-order valence-corrected chi connectivity index (χ4v) is 3.63. The molecule has 1 aromatic heterocycles. The number of piperidine rings is 1. The Kier molecular flexibility index (Phi) is 6.09. The van der Waals surface area contributed by atoms with E-state index in [0.29, 0.717) is 0 Å². The van der Waals surface area contributed by atoms with E-state index < -0.39 is 0 Å². The SMILES string of the molecule is CCCCC1CCN(CCCCc2nc3ccccc3o2)CC1. The Morgan fingerprint density at radius 1 is 1.13 bits per heavy atom. The van der Waals surface area contributed by atoms with Crippen LogP contribution in [0.1, 0.15) is 57.8 Å². The first kappa shape index (κ1) is 16.5. The second-order valence-electron chi connectivity index (χ2n) is 6.96. The van der Waals surface area contributed by atoms with E-state index in [1.807, 2.05) is 24.3 Å². The summed E-state index contributed by atoms with van der Waals surface area (Å²) in [5.41, 5.74) is 1.90. The van der Waals surface area contributed by atoms with Gasteiger partial charge in [-0.2, -0.15) is 0 Å². The van der Waals surface area contributed by atoms with Crippen LogP contribution in [0.15, 0.2) is 28.7 Å². The van der Waals surface area contributed by atoms with Crippen molar-refractivity contribution >= 4 is 11.1 Å². The predicted octanol–water partition coefficient (Wildman–Crippen LogP) is 5.05. The van der Waals surface area contributed by atoms with Crippen molar-refractivity contribution in [1.29, 1.82) is 0 Å². The van der Waals surface area contributed by atoms with E-state index in [9.17, 15) is 0 Å². The molecule has 0 atom stereocenters. The number of rotatable bonds is 8. The van der Waals surface area contributed by atoms with Crippen LogP contribution in [0.25, 0.3) is 11.1 Å². The van der Waals surface area contributed by atoms with Gasteiger partial charge in [0.05, 0.1) is 0 Å². The van der Waals surface area contributed by atoms with E-state index in [2.05, 4.69) is 16.8 Å². The van der Waals surface area contributed by atoms with Crippen molar-refractivity contribution in [1.82, 2.24) is 9.88 Å². The van der Waals surface area contributed by atoms with E-state index in [0.717, 1.165) is 29.3 Å². The zero-order valence-corrected chi connectivity index (χ0v) is 14.5. The number of nitrogens with zero attached hydrogens (tertiary/aromatic N) is 2. The molecule has 0 bridgehead atoms. The summed E-state index contributed by atoms with van der Waals surface area (Å²) in [5, 5.41) is 0. The highest BCUT2D eigenvalue weighted by Gasteiger charge is 2.18. The minimum Gasteiger partial charge on any atom is -0.441 e. The molecule has 0 spiro atoms. The first-order valence-electron chi connectivity index (χ1n) is 9.42. The van der Waals surface area contributed by atoms with Gasteiger partial charge >= 0.3 is 0 Å². The molecule has 2 aromatic rings. The van der Waals surface area contributed by atoms with Gasteiger partial charge < -0.3 is 9.32 Å². The fraction of sp³-hybridized carbons (Fsp3) is 0.650. The third kappa shape index (κ3) is 4.81. The summed E-state index contributed by atoms with van der Waals surface area (Å²) >= 11 is 0. The second-order valence-corrected chi connectivity index (χ2v) is 6.96. The molecule has 0 radical (unpaired) electrons. The highest BCUT2D eigenvalue weighted by atomic mass is 16.3. The van der Waals surface area contributed by atoms with Crippen LogP contribution in [0, 0.1) is 5.92 Å². The number of likely N-dealkylation sites (tertiary alicyclic amines) is 1. The molecule has 126 valence electrons. The maximum Gasteiger partial charge on any atom is 0.195 e. The number of oxazole rings is 1. The van der Waals surface area contributed by atoms with Gasteiger partial charge in [0.15, 0.2) is 11.5 Å². The molecule has 0 amide bonds. The molecule has 2 heterocycles. The van der Waals surface area contributed by atoms with Gasteiger partial charge in [0, 0.05) is 6.42 Å². The molecule has 1 aliphatic heterocycles.